The van der Waals surface area contributed by atoms with Crippen molar-refractivity contribution >= 4 is 29.0 Å². The van der Waals surface area contributed by atoms with Crippen molar-refractivity contribution in [2.45, 2.75) is 0 Å². The number of nitrogens with two attached hydrogens (primary N) is 1. The zero-order valence-electron chi connectivity index (χ0n) is 8.71. The fourth-order valence-electron chi connectivity index (χ4n) is 1.41. The summed E-state index contributed by atoms with van der Waals surface area (Å²) in [6.07, 6.45) is 0. The maximum absolute atomic E-state index is 11.3. The Balaban J connectivity index is 2.40. The van der Waals surface area contributed by atoms with E-state index in [4.69, 9.17) is 28.9 Å². The van der Waals surface area contributed by atoms with Crippen LogP contribution in [-0.2, 0) is 0 Å². The van der Waals surface area contributed by atoms with E-state index in [0.29, 0.717) is 27.0 Å². The van der Waals surface area contributed by atoms with Gasteiger partial charge in [0.1, 0.15) is 5.69 Å². The number of ketones is 1. The minimum Gasteiger partial charge on any atom is -0.324 e. The Labute approximate surface area is 108 Å². The quantitative estimate of drug-likeness (QED) is 0.842. The molecule has 3 N–H and O–H groups in total. The normalized spacial score (nSPS) is 10.5. The molecular weight excluding hydrogens is 261 g/mol. The van der Waals surface area contributed by atoms with E-state index in [2.05, 4.69) is 10.2 Å². The largest absolute Gasteiger partial charge is 0.324 e. The second kappa shape index (κ2) is 4.87. The Morgan fingerprint density at radius 3 is 2.76 bits per heavy atom. The highest BCUT2D eigenvalue weighted by Crippen LogP contribution is 2.29. The molecule has 2 rings (SSSR count). The Morgan fingerprint density at radius 1 is 1.35 bits per heavy atom. The van der Waals surface area contributed by atoms with E-state index in [1.165, 1.54) is 0 Å². The molecule has 0 fully saturated rings. The molecule has 0 saturated carbocycles. The zero-order valence-corrected chi connectivity index (χ0v) is 10.2. The summed E-state index contributed by atoms with van der Waals surface area (Å²) in [5.41, 5.74) is 6.93. The number of aromatic amines is 1. The number of H-pyrrole nitrogens is 1. The Morgan fingerprint density at radius 2 is 2.12 bits per heavy atom. The number of carbonyl (C=O) groups excluding carboxylic acids is 1. The average molecular weight is 270 g/mol. The maximum atomic E-state index is 11.3. The van der Waals surface area contributed by atoms with Gasteiger partial charge in [-0.1, -0.05) is 23.2 Å². The van der Waals surface area contributed by atoms with Crippen molar-refractivity contribution in [3.05, 3.63) is 40.0 Å². The summed E-state index contributed by atoms with van der Waals surface area (Å²) in [4.78, 5) is 11.3. The number of aromatic nitrogens is 2. The molecule has 2 aromatic rings. The lowest BCUT2D eigenvalue weighted by Crippen LogP contribution is -2.13. The van der Waals surface area contributed by atoms with Crippen molar-refractivity contribution in [3.63, 3.8) is 0 Å². The first-order valence-electron chi connectivity index (χ1n) is 4.86. The predicted molar refractivity (Wildman–Crippen MR) is 67.4 cm³/mol. The highest BCUT2D eigenvalue weighted by molar-refractivity contribution is 6.36. The van der Waals surface area contributed by atoms with Gasteiger partial charge in [-0.2, -0.15) is 5.10 Å². The maximum Gasteiger partial charge on any atom is 0.194 e. The van der Waals surface area contributed by atoms with E-state index in [-0.39, 0.29) is 12.3 Å². The number of nitrogens with zero attached hydrogens (tertiary/aromatic N) is 1. The third-order valence-electron chi connectivity index (χ3n) is 2.27. The summed E-state index contributed by atoms with van der Waals surface area (Å²) >= 11 is 11.8. The first-order valence-corrected chi connectivity index (χ1v) is 5.61. The number of carbonyl (C=O) groups is 1. The molecule has 88 valence electrons. The number of rotatable bonds is 3. The molecule has 1 aromatic carbocycles. The molecular formula is C11H9Cl2N3O. The summed E-state index contributed by atoms with van der Waals surface area (Å²) in [5, 5.41) is 7.67. The molecule has 4 nitrogen and oxygen atoms in total. The van der Waals surface area contributed by atoms with Gasteiger partial charge >= 0.3 is 0 Å². The molecule has 1 heterocycles. The van der Waals surface area contributed by atoms with Gasteiger partial charge in [0, 0.05) is 10.6 Å². The van der Waals surface area contributed by atoms with Crippen LogP contribution in [0.1, 0.15) is 10.5 Å². The predicted octanol–water partition coefficient (Wildman–Crippen LogP) is 2.52. The van der Waals surface area contributed by atoms with Crippen molar-refractivity contribution in [3.8, 4) is 11.3 Å². The van der Waals surface area contributed by atoms with E-state index >= 15 is 0 Å². The fourth-order valence-corrected chi connectivity index (χ4v) is 1.92. The van der Waals surface area contributed by atoms with E-state index in [1.807, 2.05) is 0 Å². The van der Waals surface area contributed by atoms with E-state index in [9.17, 15) is 4.79 Å². The summed E-state index contributed by atoms with van der Waals surface area (Å²) < 4.78 is 0. The summed E-state index contributed by atoms with van der Waals surface area (Å²) in [7, 11) is 0. The molecule has 0 aliphatic rings. The molecule has 0 bridgehead atoms. The summed E-state index contributed by atoms with van der Waals surface area (Å²) in [5.74, 6) is -0.200. The molecule has 0 atom stereocenters. The lowest BCUT2D eigenvalue weighted by molar-refractivity contribution is 0.0996. The number of halogens is 2. The summed E-state index contributed by atoms with van der Waals surface area (Å²) in [6, 6.07) is 6.70. The highest BCUT2D eigenvalue weighted by Gasteiger charge is 2.11. The van der Waals surface area contributed by atoms with Crippen LogP contribution in [0.5, 0.6) is 0 Å². The highest BCUT2D eigenvalue weighted by atomic mass is 35.5. The molecule has 1 aromatic heterocycles. The van der Waals surface area contributed by atoms with Gasteiger partial charge in [-0.3, -0.25) is 9.89 Å². The van der Waals surface area contributed by atoms with Gasteiger partial charge in [0.25, 0.3) is 0 Å². The molecule has 0 unspecified atom stereocenters. The van der Waals surface area contributed by atoms with Gasteiger partial charge < -0.3 is 5.73 Å². The van der Waals surface area contributed by atoms with Crippen LogP contribution in [0, 0.1) is 0 Å². The Bertz CT molecular complexity index is 566. The van der Waals surface area contributed by atoms with Crippen molar-refractivity contribution in [1.29, 1.82) is 0 Å². The topological polar surface area (TPSA) is 71.8 Å². The third kappa shape index (κ3) is 2.49. The third-order valence-corrected chi connectivity index (χ3v) is 2.82. The minimum atomic E-state index is -0.200. The minimum absolute atomic E-state index is 0.0595. The van der Waals surface area contributed by atoms with Crippen molar-refractivity contribution < 1.29 is 4.79 Å². The van der Waals surface area contributed by atoms with Gasteiger partial charge in [-0.15, -0.1) is 0 Å². The number of benzene rings is 1. The molecule has 6 heteroatoms. The molecule has 17 heavy (non-hydrogen) atoms. The van der Waals surface area contributed by atoms with Crippen LogP contribution in [0.25, 0.3) is 11.3 Å². The van der Waals surface area contributed by atoms with Gasteiger partial charge in [-0.05, 0) is 24.3 Å². The lowest BCUT2D eigenvalue weighted by Gasteiger charge is -1.99. The first kappa shape index (κ1) is 12.1. The molecule has 0 radical (unpaired) electrons. The number of Topliss-reactive ketones (excluding diaryl/α,β-unsaturated/α-hetero) is 1. The Kier molecular flexibility index (Phi) is 3.47. The van der Waals surface area contributed by atoms with Gasteiger partial charge in [0.15, 0.2) is 5.78 Å². The fraction of sp³-hybridized carbons (Fsp3) is 0.0909. The van der Waals surface area contributed by atoms with Gasteiger partial charge in [0.05, 0.1) is 17.3 Å². The number of hydrogen-bond donors (Lipinski definition) is 2. The molecule has 0 aliphatic carbocycles. The standard InChI is InChI=1S/C11H9Cl2N3O/c12-6-1-2-7(8(13)3-6)9-4-10(16-15-9)11(17)5-14/h1-4H,5,14H2,(H,15,16). The lowest BCUT2D eigenvalue weighted by atomic mass is 10.1. The van der Waals surface area contributed by atoms with Crippen LogP contribution in [0.3, 0.4) is 0 Å². The monoisotopic (exact) mass is 269 g/mol. The second-order valence-electron chi connectivity index (χ2n) is 3.42. The zero-order chi connectivity index (χ0) is 12.4. The smallest absolute Gasteiger partial charge is 0.194 e. The van der Waals surface area contributed by atoms with Crippen molar-refractivity contribution in [1.82, 2.24) is 10.2 Å². The van der Waals surface area contributed by atoms with Gasteiger partial charge in [-0.25, -0.2) is 0 Å². The van der Waals surface area contributed by atoms with Crippen LogP contribution in [-0.4, -0.2) is 22.5 Å². The summed E-state index contributed by atoms with van der Waals surface area (Å²) in [6.45, 7) is -0.0595. The number of hydrogen-bond acceptors (Lipinski definition) is 3. The van der Waals surface area contributed by atoms with Crippen molar-refractivity contribution in [2.75, 3.05) is 6.54 Å². The van der Waals surface area contributed by atoms with E-state index in [0.717, 1.165) is 0 Å². The van der Waals surface area contributed by atoms with E-state index in [1.54, 1.807) is 24.3 Å². The van der Waals surface area contributed by atoms with E-state index < -0.39 is 0 Å². The Hall–Kier alpha value is -1.36. The number of nitrogens with one attached hydrogen (secondary N) is 1. The van der Waals surface area contributed by atoms with Crippen LogP contribution in [0.15, 0.2) is 24.3 Å². The van der Waals surface area contributed by atoms with Crippen LogP contribution in [0.2, 0.25) is 10.0 Å². The molecule has 0 aliphatic heterocycles. The van der Waals surface area contributed by atoms with Crippen molar-refractivity contribution in [2.24, 2.45) is 5.73 Å². The molecule has 0 spiro atoms. The SMILES string of the molecule is NCC(=O)c1cc(-c2ccc(Cl)cc2Cl)n[nH]1. The second-order valence-corrected chi connectivity index (χ2v) is 4.26. The van der Waals surface area contributed by atoms with Crippen LogP contribution in [0.4, 0.5) is 0 Å². The first-order chi connectivity index (χ1) is 8.11. The van der Waals surface area contributed by atoms with Crippen LogP contribution < -0.4 is 5.73 Å². The van der Waals surface area contributed by atoms with Crippen LogP contribution >= 0.6 is 23.2 Å². The van der Waals surface area contributed by atoms with Gasteiger partial charge in [0.2, 0.25) is 0 Å². The average Bonchev–Trinajstić information content (AvgIpc) is 2.77. The molecule has 0 saturated heterocycles. The molecule has 0 amide bonds.